The molecule has 3 atom stereocenters. The Hall–Kier alpha value is -3.77. The predicted octanol–water partition coefficient (Wildman–Crippen LogP) is 1.61. The van der Waals surface area contributed by atoms with Crippen molar-refractivity contribution in [2.24, 2.45) is 11.7 Å². The van der Waals surface area contributed by atoms with Gasteiger partial charge in [0.05, 0.1) is 10.9 Å². The lowest BCUT2D eigenvalue weighted by molar-refractivity contribution is -0.135. The van der Waals surface area contributed by atoms with E-state index in [1.54, 1.807) is 48.8 Å². The number of primary amides is 1. The minimum atomic E-state index is -1.14. The standard InChI is InChI=1S/C22H17N5O5S2/c23-21(31)27-18(29)15-14(11-5-4-8-24-9-11)17-20(33-16(15)19(27)30)26(22(32)34-17)10-13(28)25-12-6-2-1-3-7-12/h1-9,14-16H,10H2,(H2,23,31)(H,25,28). The van der Waals surface area contributed by atoms with Crippen LogP contribution in [0.4, 0.5) is 10.5 Å². The molecule has 2 aliphatic heterocycles. The third kappa shape index (κ3) is 3.60. The maximum Gasteiger partial charge on any atom is 0.328 e. The second-order valence-electron chi connectivity index (χ2n) is 7.72. The number of urea groups is 1. The molecule has 12 heteroatoms. The Morgan fingerprint density at radius 2 is 1.82 bits per heavy atom. The number of nitrogens with one attached hydrogen (secondary N) is 1. The number of anilines is 1. The molecular formula is C22H17N5O5S2. The number of thioether (sulfide) groups is 1. The third-order valence-corrected chi connectivity index (χ3v) is 8.28. The molecule has 0 spiro atoms. The van der Waals surface area contributed by atoms with Gasteiger partial charge in [-0.15, -0.1) is 0 Å². The minimum absolute atomic E-state index is 0.272. The van der Waals surface area contributed by atoms with Crippen LogP contribution >= 0.6 is 23.1 Å². The van der Waals surface area contributed by atoms with E-state index in [1.165, 1.54) is 4.57 Å². The van der Waals surface area contributed by atoms with Crippen LogP contribution in [0.3, 0.4) is 0 Å². The number of carbonyl (C=O) groups is 4. The number of imide groups is 3. The van der Waals surface area contributed by atoms with Crippen molar-refractivity contribution in [3.8, 4) is 0 Å². The van der Waals surface area contributed by atoms with Gasteiger partial charge in [0.25, 0.3) is 5.91 Å². The van der Waals surface area contributed by atoms with Crippen LogP contribution in [-0.4, -0.2) is 43.5 Å². The SMILES string of the molecule is NC(=O)N1C(=O)C2Sc3c(sc(=O)n3CC(=O)Nc3ccccc3)C(c3cccnc3)C2C1=O. The number of benzene rings is 1. The normalized spacial score (nSPS) is 21.2. The number of para-hydroxylation sites is 1. The summed E-state index contributed by atoms with van der Waals surface area (Å²) in [5.74, 6) is -3.46. The first-order chi connectivity index (χ1) is 16.4. The van der Waals surface area contributed by atoms with Gasteiger partial charge in [-0.05, 0) is 23.8 Å². The van der Waals surface area contributed by atoms with Crippen molar-refractivity contribution < 1.29 is 19.2 Å². The van der Waals surface area contributed by atoms with Crippen molar-refractivity contribution in [1.82, 2.24) is 14.5 Å². The Balaban J connectivity index is 1.57. The highest BCUT2D eigenvalue weighted by Crippen LogP contribution is 2.53. The number of thiazole rings is 1. The van der Waals surface area contributed by atoms with Gasteiger partial charge in [-0.2, -0.15) is 4.90 Å². The lowest BCUT2D eigenvalue weighted by Crippen LogP contribution is -2.41. The number of amides is 5. The van der Waals surface area contributed by atoms with Crippen LogP contribution in [0.5, 0.6) is 0 Å². The number of hydrogen-bond donors (Lipinski definition) is 2. The molecule has 2 aliphatic rings. The molecule has 4 heterocycles. The topological polar surface area (TPSA) is 144 Å². The van der Waals surface area contributed by atoms with E-state index < -0.39 is 40.8 Å². The third-order valence-electron chi connectivity index (χ3n) is 5.67. The molecule has 0 aliphatic carbocycles. The van der Waals surface area contributed by atoms with Gasteiger partial charge in [-0.1, -0.05) is 47.4 Å². The zero-order valence-electron chi connectivity index (χ0n) is 17.4. The number of nitrogens with zero attached hydrogens (tertiary/aromatic N) is 3. The van der Waals surface area contributed by atoms with Crippen molar-refractivity contribution in [1.29, 1.82) is 0 Å². The molecular weight excluding hydrogens is 478 g/mol. The molecule has 1 fully saturated rings. The minimum Gasteiger partial charge on any atom is -0.351 e. The molecule has 5 amide bonds. The highest BCUT2D eigenvalue weighted by molar-refractivity contribution is 8.00. The van der Waals surface area contributed by atoms with E-state index in [0.717, 1.165) is 23.1 Å². The molecule has 1 saturated heterocycles. The highest BCUT2D eigenvalue weighted by atomic mass is 32.2. The maximum atomic E-state index is 13.1. The molecule has 3 N–H and O–H groups in total. The van der Waals surface area contributed by atoms with E-state index in [-0.39, 0.29) is 11.4 Å². The predicted molar refractivity (Wildman–Crippen MR) is 124 cm³/mol. The van der Waals surface area contributed by atoms with Crippen LogP contribution in [0.1, 0.15) is 16.4 Å². The van der Waals surface area contributed by atoms with Crippen LogP contribution in [0.2, 0.25) is 0 Å². The van der Waals surface area contributed by atoms with Crippen LogP contribution in [-0.2, 0) is 20.9 Å². The first-order valence-electron chi connectivity index (χ1n) is 10.2. The van der Waals surface area contributed by atoms with Gasteiger partial charge >= 0.3 is 10.9 Å². The number of fused-ring (bicyclic) bond motifs is 2. The molecule has 3 aromatic rings. The van der Waals surface area contributed by atoms with Crippen molar-refractivity contribution in [3.05, 3.63) is 75.0 Å². The first kappa shape index (κ1) is 22.0. The summed E-state index contributed by atoms with van der Waals surface area (Å²) in [5.41, 5.74) is 6.51. The molecule has 0 saturated carbocycles. The molecule has 2 aromatic heterocycles. The highest BCUT2D eigenvalue weighted by Gasteiger charge is 2.57. The molecule has 1 aromatic carbocycles. The summed E-state index contributed by atoms with van der Waals surface area (Å²) < 4.78 is 1.30. The molecule has 5 rings (SSSR count). The van der Waals surface area contributed by atoms with Crippen LogP contribution in [0, 0.1) is 5.92 Å². The molecule has 34 heavy (non-hydrogen) atoms. The van der Waals surface area contributed by atoms with Crippen molar-refractivity contribution in [2.75, 3.05) is 5.32 Å². The van der Waals surface area contributed by atoms with Crippen LogP contribution < -0.4 is 15.9 Å². The second kappa shape index (κ2) is 8.54. The monoisotopic (exact) mass is 495 g/mol. The molecule has 10 nitrogen and oxygen atoms in total. The molecule has 0 bridgehead atoms. The number of aromatic nitrogens is 2. The summed E-state index contributed by atoms with van der Waals surface area (Å²) in [5, 5.41) is 2.19. The van der Waals surface area contributed by atoms with E-state index >= 15 is 0 Å². The summed E-state index contributed by atoms with van der Waals surface area (Å²) in [7, 11) is 0. The van der Waals surface area contributed by atoms with Crippen molar-refractivity contribution in [2.45, 2.75) is 22.7 Å². The Kier molecular flexibility index (Phi) is 5.54. The first-order valence-corrected chi connectivity index (χ1v) is 11.9. The largest absolute Gasteiger partial charge is 0.351 e. The molecule has 0 radical (unpaired) electrons. The quantitative estimate of drug-likeness (QED) is 0.523. The smallest absolute Gasteiger partial charge is 0.328 e. The molecule has 172 valence electrons. The zero-order valence-corrected chi connectivity index (χ0v) is 19.0. The Morgan fingerprint density at radius 3 is 2.50 bits per heavy atom. The van der Waals surface area contributed by atoms with E-state index in [1.807, 2.05) is 6.07 Å². The average Bonchev–Trinajstić information content (AvgIpc) is 3.26. The zero-order chi connectivity index (χ0) is 24.0. The Bertz CT molecular complexity index is 1370. The van der Waals surface area contributed by atoms with Gasteiger partial charge in [0.15, 0.2) is 0 Å². The van der Waals surface area contributed by atoms with Crippen molar-refractivity contribution in [3.63, 3.8) is 0 Å². The van der Waals surface area contributed by atoms with Gasteiger partial charge in [-0.3, -0.25) is 28.7 Å². The van der Waals surface area contributed by atoms with Gasteiger partial charge in [-0.25, -0.2) is 4.79 Å². The number of rotatable bonds is 4. The van der Waals surface area contributed by atoms with E-state index in [4.69, 9.17) is 5.73 Å². The Morgan fingerprint density at radius 1 is 1.06 bits per heavy atom. The van der Waals surface area contributed by atoms with Crippen LogP contribution in [0.25, 0.3) is 0 Å². The fraction of sp³-hybridized carbons (Fsp3) is 0.182. The molecule has 3 unspecified atom stereocenters. The van der Waals surface area contributed by atoms with E-state index in [2.05, 4.69) is 10.3 Å². The summed E-state index contributed by atoms with van der Waals surface area (Å²) >= 11 is 1.92. The van der Waals surface area contributed by atoms with Crippen molar-refractivity contribution >= 4 is 52.5 Å². The maximum absolute atomic E-state index is 13.1. The summed E-state index contributed by atoms with van der Waals surface area (Å²) in [6.07, 6.45) is 3.13. The fourth-order valence-corrected chi connectivity index (χ4v) is 7.03. The number of carbonyl (C=O) groups excluding carboxylic acids is 4. The summed E-state index contributed by atoms with van der Waals surface area (Å²) in [6.45, 7) is -0.272. The van der Waals surface area contributed by atoms with Gasteiger partial charge in [0, 0.05) is 28.9 Å². The fourth-order valence-electron chi connectivity index (χ4n) is 4.26. The lowest BCUT2D eigenvalue weighted by atomic mass is 9.84. The summed E-state index contributed by atoms with van der Waals surface area (Å²) in [4.78, 5) is 68.3. The van der Waals surface area contributed by atoms with E-state index in [0.29, 0.717) is 26.1 Å². The van der Waals surface area contributed by atoms with Gasteiger partial charge in [0.1, 0.15) is 11.8 Å². The van der Waals surface area contributed by atoms with Gasteiger partial charge < -0.3 is 11.1 Å². The summed E-state index contributed by atoms with van der Waals surface area (Å²) in [6, 6.07) is 11.1. The second-order valence-corrected chi connectivity index (χ2v) is 9.84. The number of pyridine rings is 1. The number of hydrogen-bond acceptors (Lipinski definition) is 8. The number of nitrogens with two attached hydrogens (primary N) is 1. The lowest BCUT2D eigenvalue weighted by Gasteiger charge is -2.30. The Labute approximate surface area is 200 Å². The van der Waals surface area contributed by atoms with E-state index in [9.17, 15) is 24.0 Å². The van der Waals surface area contributed by atoms with Crippen LogP contribution in [0.15, 0.2) is 64.7 Å². The van der Waals surface area contributed by atoms with Gasteiger partial charge in [0.2, 0.25) is 11.8 Å². The average molecular weight is 496 g/mol. The number of likely N-dealkylation sites (tertiary alicyclic amines) is 1.